The van der Waals surface area contributed by atoms with Gasteiger partial charge < -0.3 is 9.88 Å². The molecule has 0 aromatic carbocycles. The SMILES string of the molecule is CC(C)Cn1ccnc1NC(C)CS(C)(=O)=O. The normalized spacial score (nSPS) is 13.9. The zero-order valence-electron chi connectivity index (χ0n) is 10.8. The van der Waals surface area contributed by atoms with Crippen LogP contribution in [-0.4, -0.2) is 36.0 Å². The average molecular weight is 259 g/mol. The van der Waals surface area contributed by atoms with Gasteiger partial charge >= 0.3 is 0 Å². The Morgan fingerprint density at radius 2 is 2.06 bits per heavy atom. The van der Waals surface area contributed by atoms with Crippen LogP contribution in [0.1, 0.15) is 20.8 Å². The number of nitrogens with zero attached hydrogens (tertiary/aromatic N) is 2. The highest BCUT2D eigenvalue weighted by Gasteiger charge is 2.13. The number of aromatic nitrogens is 2. The molecule has 0 aliphatic rings. The molecular weight excluding hydrogens is 238 g/mol. The molecule has 1 heterocycles. The lowest BCUT2D eigenvalue weighted by atomic mass is 10.2. The Morgan fingerprint density at radius 1 is 1.41 bits per heavy atom. The molecule has 1 aromatic heterocycles. The van der Waals surface area contributed by atoms with Gasteiger partial charge in [0.2, 0.25) is 5.95 Å². The number of imidazole rings is 1. The van der Waals surface area contributed by atoms with Crippen LogP contribution in [0.2, 0.25) is 0 Å². The second-order valence-corrected chi connectivity index (χ2v) is 7.12. The fourth-order valence-electron chi connectivity index (χ4n) is 1.71. The van der Waals surface area contributed by atoms with Gasteiger partial charge in [-0.05, 0) is 12.8 Å². The molecule has 1 atom stereocenters. The molecule has 0 radical (unpaired) electrons. The highest BCUT2D eigenvalue weighted by atomic mass is 32.2. The topological polar surface area (TPSA) is 64.0 Å². The molecule has 0 fully saturated rings. The van der Waals surface area contributed by atoms with Gasteiger partial charge in [0.1, 0.15) is 9.84 Å². The molecule has 0 aliphatic heterocycles. The Balaban J connectivity index is 2.65. The van der Waals surface area contributed by atoms with Crippen molar-refractivity contribution in [1.82, 2.24) is 9.55 Å². The maximum atomic E-state index is 11.2. The van der Waals surface area contributed by atoms with Crippen LogP contribution >= 0.6 is 0 Å². The molecule has 0 saturated carbocycles. The number of anilines is 1. The van der Waals surface area contributed by atoms with Gasteiger partial charge in [-0.3, -0.25) is 0 Å². The minimum atomic E-state index is -2.96. The zero-order chi connectivity index (χ0) is 13.1. The first kappa shape index (κ1) is 14.0. The largest absolute Gasteiger partial charge is 0.352 e. The molecule has 0 bridgehead atoms. The van der Waals surface area contributed by atoms with Gasteiger partial charge in [0.25, 0.3) is 0 Å². The summed E-state index contributed by atoms with van der Waals surface area (Å²) in [6.07, 6.45) is 4.86. The summed E-state index contributed by atoms with van der Waals surface area (Å²) >= 11 is 0. The molecule has 0 aliphatic carbocycles. The summed E-state index contributed by atoms with van der Waals surface area (Å²) in [5, 5.41) is 3.13. The minimum Gasteiger partial charge on any atom is -0.352 e. The molecule has 98 valence electrons. The first-order chi connectivity index (χ1) is 7.78. The third kappa shape index (κ3) is 5.21. The smallest absolute Gasteiger partial charge is 0.203 e. The van der Waals surface area contributed by atoms with Crippen molar-refractivity contribution in [3.63, 3.8) is 0 Å². The van der Waals surface area contributed by atoms with Crippen molar-refractivity contribution < 1.29 is 8.42 Å². The van der Waals surface area contributed by atoms with E-state index < -0.39 is 9.84 Å². The van der Waals surface area contributed by atoms with Gasteiger partial charge in [-0.2, -0.15) is 0 Å². The van der Waals surface area contributed by atoms with Crippen LogP contribution < -0.4 is 5.32 Å². The van der Waals surface area contributed by atoms with Gasteiger partial charge in [-0.15, -0.1) is 0 Å². The van der Waals surface area contributed by atoms with E-state index in [0.29, 0.717) is 5.92 Å². The van der Waals surface area contributed by atoms with E-state index >= 15 is 0 Å². The van der Waals surface area contributed by atoms with E-state index in [1.807, 2.05) is 17.7 Å². The molecule has 0 amide bonds. The monoisotopic (exact) mass is 259 g/mol. The summed E-state index contributed by atoms with van der Waals surface area (Å²) < 4.78 is 24.3. The standard InChI is InChI=1S/C11H21N3O2S/c1-9(2)7-14-6-5-12-11(14)13-10(3)8-17(4,15)16/h5-6,9-10H,7-8H2,1-4H3,(H,12,13). The molecule has 5 nitrogen and oxygen atoms in total. The summed E-state index contributed by atoms with van der Waals surface area (Å²) in [6, 6.07) is -0.140. The number of hydrogen-bond donors (Lipinski definition) is 1. The van der Waals surface area contributed by atoms with Crippen molar-refractivity contribution in [3.8, 4) is 0 Å². The van der Waals surface area contributed by atoms with Crippen LogP contribution in [0.5, 0.6) is 0 Å². The minimum absolute atomic E-state index is 0.113. The van der Waals surface area contributed by atoms with Crippen molar-refractivity contribution in [2.45, 2.75) is 33.4 Å². The Kier molecular flexibility index (Phi) is 4.56. The van der Waals surface area contributed by atoms with Crippen LogP contribution in [0.15, 0.2) is 12.4 Å². The Labute approximate surface area is 103 Å². The fraction of sp³-hybridized carbons (Fsp3) is 0.727. The lowest BCUT2D eigenvalue weighted by Crippen LogP contribution is -2.26. The van der Waals surface area contributed by atoms with Gasteiger partial charge in [0, 0.05) is 31.2 Å². The number of rotatable bonds is 6. The molecule has 0 saturated heterocycles. The number of nitrogens with one attached hydrogen (secondary N) is 1. The van der Waals surface area contributed by atoms with E-state index in [0.717, 1.165) is 12.5 Å². The van der Waals surface area contributed by atoms with Crippen LogP contribution in [0, 0.1) is 5.92 Å². The van der Waals surface area contributed by atoms with E-state index in [1.54, 1.807) is 6.20 Å². The third-order valence-corrected chi connectivity index (χ3v) is 3.31. The van der Waals surface area contributed by atoms with Crippen LogP contribution in [0.25, 0.3) is 0 Å². The van der Waals surface area contributed by atoms with Gasteiger partial charge in [0.15, 0.2) is 0 Å². The van der Waals surface area contributed by atoms with Crippen molar-refractivity contribution in [3.05, 3.63) is 12.4 Å². The molecule has 1 aromatic rings. The lowest BCUT2D eigenvalue weighted by Gasteiger charge is -2.16. The number of sulfone groups is 1. The maximum Gasteiger partial charge on any atom is 0.203 e. The molecule has 6 heteroatoms. The summed E-state index contributed by atoms with van der Waals surface area (Å²) in [5.41, 5.74) is 0. The fourth-order valence-corrected chi connectivity index (χ4v) is 2.70. The first-order valence-corrected chi connectivity index (χ1v) is 7.79. The van der Waals surface area contributed by atoms with Gasteiger partial charge in [-0.1, -0.05) is 13.8 Å². The zero-order valence-corrected chi connectivity index (χ0v) is 11.7. The first-order valence-electron chi connectivity index (χ1n) is 5.73. The summed E-state index contributed by atoms with van der Waals surface area (Å²) in [6.45, 7) is 6.97. The average Bonchev–Trinajstić information content (AvgIpc) is 2.47. The van der Waals surface area contributed by atoms with Crippen LogP contribution in [0.4, 0.5) is 5.95 Å². The van der Waals surface area contributed by atoms with E-state index in [1.165, 1.54) is 6.26 Å². The third-order valence-electron chi connectivity index (χ3n) is 2.21. The second-order valence-electron chi connectivity index (χ2n) is 4.93. The van der Waals surface area contributed by atoms with Crippen LogP contribution in [0.3, 0.4) is 0 Å². The van der Waals surface area contributed by atoms with Crippen molar-refractivity contribution in [2.24, 2.45) is 5.92 Å². The molecule has 0 spiro atoms. The molecular formula is C11H21N3O2S. The summed E-state index contributed by atoms with van der Waals surface area (Å²) in [4.78, 5) is 4.20. The summed E-state index contributed by atoms with van der Waals surface area (Å²) in [7, 11) is -2.96. The second kappa shape index (κ2) is 5.53. The molecule has 1 rings (SSSR count). The number of hydrogen-bond acceptors (Lipinski definition) is 4. The highest BCUT2D eigenvalue weighted by Crippen LogP contribution is 2.10. The van der Waals surface area contributed by atoms with Crippen molar-refractivity contribution in [1.29, 1.82) is 0 Å². The molecule has 1 N–H and O–H groups in total. The predicted molar refractivity (Wildman–Crippen MR) is 69.9 cm³/mol. The van der Waals surface area contributed by atoms with E-state index in [4.69, 9.17) is 0 Å². The van der Waals surface area contributed by atoms with E-state index in [2.05, 4.69) is 24.1 Å². The quantitative estimate of drug-likeness (QED) is 0.838. The predicted octanol–water partition coefficient (Wildman–Crippen LogP) is 1.38. The highest BCUT2D eigenvalue weighted by molar-refractivity contribution is 7.90. The Bertz CT molecular complexity index is 451. The van der Waals surface area contributed by atoms with E-state index in [9.17, 15) is 8.42 Å². The van der Waals surface area contributed by atoms with Crippen LogP contribution in [-0.2, 0) is 16.4 Å². The maximum absolute atomic E-state index is 11.2. The molecule has 1 unspecified atom stereocenters. The van der Waals surface area contributed by atoms with Crippen molar-refractivity contribution >= 4 is 15.8 Å². The van der Waals surface area contributed by atoms with Gasteiger partial charge in [0.05, 0.1) is 5.75 Å². The van der Waals surface area contributed by atoms with E-state index in [-0.39, 0.29) is 11.8 Å². The Morgan fingerprint density at radius 3 is 2.59 bits per heavy atom. The van der Waals surface area contributed by atoms with Crippen molar-refractivity contribution in [2.75, 3.05) is 17.3 Å². The Hall–Kier alpha value is -1.04. The molecule has 17 heavy (non-hydrogen) atoms. The summed E-state index contributed by atoms with van der Waals surface area (Å²) in [5.74, 6) is 1.37. The lowest BCUT2D eigenvalue weighted by molar-refractivity contribution is 0.524. The van der Waals surface area contributed by atoms with Gasteiger partial charge in [-0.25, -0.2) is 13.4 Å².